The number of nitrogens with zero attached hydrogens (tertiary/aromatic N) is 3. The first-order chi connectivity index (χ1) is 20.5. The van der Waals surface area contributed by atoms with Gasteiger partial charge in [0.2, 0.25) is 8.32 Å². The van der Waals surface area contributed by atoms with Crippen LogP contribution in [0.3, 0.4) is 0 Å². The van der Waals surface area contributed by atoms with E-state index in [2.05, 4.69) is 72.1 Å². The lowest BCUT2D eigenvalue weighted by Crippen LogP contribution is -2.43. The Hall–Kier alpha value is -3.74. The molecule has 3 aromatic rings. The molecule has 0 saturated carbocycles. The van der Waals surface area contributed by atoms with E-state index in [1.165, 1.54) is 16.0 Å². The van der Waals surface area contributed by atoms with Crippen molar-refractivity contribution in [2.45, 2.75) is 90.9 Å². The van der Waals surface area contributed by atoms with Crippen LogP contribution in [0.1, 0.15) is 76.0 Å². The second kappa shape index (κ2) is 13.9. The fourth-order valence-electron chi connectivity index (χ4n) is 5.09. The number of carboxylic acid groups (broad SMARTS) is 1. The Bertz CT molecular complexity index is 1470. The fourth-order valence-corrected chi connectivity index (χ4v) is 6.12. The Balaban J connectivity index is 0.000000266. The first kappa shape index (κ1) is 34.7. The number of aliphatic hydroxyl groups excluding tert-OH is 1. The molecule has 0 bridgehead atoms. The molecular weight excluding hydrogens is 568 g/mol. The third-order valence-electron chi connectivity index (χ3n) is 8.70. The molecule has 9 heteroatoms. The van der Waals surface area contributed by atoms with Crippen molar-refractivity contribution in [3.8, 4) is 11.8 Å². The second-order valence-corrected chi connectivity index (χ2v) is 18.8. The van der Waals surface area contributed by atoms with Gasteiger partial charge in [0, 0.05) is 38.1 Å². The molecule has 0 atom stereocenters. The molecule has 238 valence electrons. The van der Waals surface area contributed by atoms with Crippen molar-refractivity contribution < 1.29 is 19.4 Å². The summed E-state index contributed by atoms with van der Waals surface area (Å²) in [7, 11) is 0.0279. The summed E-state index contributed by atoms with van der Waals surface area (Å²) >= 11 is 0. The summed E-state index contributed by atoms with van der Waals surface area (Å²) in [5, 5.41) is 31.0. The highest BCUT2D eigenvalue weighted by Crippen LogP contribution is 2.38. The van der Waals surface area contributed by atoms with Crippen LogP contribution in [-0.4, -0.2) is 47.2 Å². The molecule has 0 saturated heterocycles. The third-order valence-corrected chi connectivity index (χ3v) is 13.1. The molecule has 8 nitrogen and oxygen atoms in total. The Morgan fingerprint density at radius 2 is 1.75 bits per heavy atom. The minimum Gasteiger partial charge on any atom is -0.544 e. The standard InChI is InChI=1S/C21H31N3O2Si.C14H19NO2/c1-21(2,3)27(5,6)26-18-11-9-16(10-12-18)23-19-14-17(15-22)24(4)20(19)8-7-13-25;1-14(2,3)12-6-4-5-10-9-15(13(16)17)8-7-11(10)12/h9-12,14,23,25H,7-8,13H2,1-6H3;4-6H,7-9H2,1-3H3,(H,16,17). The smallest absolute Gasteiger partial charge is 0.407 e. The SMILES string of the molecule is CC(C)(C)c1cccc2c1CCN(C(=O)O)C2.Cn1c(C#N)cc(Nc2ccc(O[Si](C)(C)C(C)(C)C)cc2)c1CCCO. The number of aromatic nitrogens is 1. The van der Waals surface area contributed by atoms with E-state index in [9.17, 15) is 10.1 Å². The van der Waals surface area contributed by atoms with Gasteiger partial charge in [0.15, 0.2) is 0 Å². The van der Waals surface area contributed by atoms with Crippen molar-refractivity contribution >= 4 is 25.8 Å². The van der Waals surface area contributed by atoms with Crippen LogP contribution >= 0.6 is 0 Å². The maximum atomic E-state index is 11.0. The van der Waals surface area contributed by atoms with Crippen LogP contribution in [0.5, 0.6) is 5.75 Å². The van der Waals surface area contributed by atoms with Gasteiger partial charge < -0.3 is 29.4 Å². The molecule has 44 heavy (non-hydrogen) atoms. The maximum absolute atomic E-state index is 11.0. The van der Waals surface area contributed by atoms with Gasteiger partial charge in [-0.25, -0.2) is 4.79 Å². The van der Waals surface area contributed by atoms with Gasteiger partial charge in [-0.2, -0.15) is 5.26 Å². The zero-order valence-electron chi connectivity index (χ0n) is 27.9. The molecule has 1 aliphatic heterocycles. The van der Waals surface area contributed by atoms with Gasteiger partial charge in [-0.1, -0.05) is 59.7 Å². The number of anilines is 2. The molecule has 0 aliphatic carbocycles. The molecule has 0 fully saturated rings. The lowest BCUT2D eigenvalue weighted by molar-refractivity contribution is 0.139. The fraction of sp³-hybridized carbons (Fsp3) is 0.486. The van der Waals surface area contributed by atoms with Gasteiger partial charge in [0.25, 0.3) is 0 Å². The molecule has 0 spiro atoms. The van der Waals surface area contributed by atoms with Crippen molar-refractivity contribution in [1.82, 2.24) is 9.47 Å². The van der Waals surface area contributed by atoms with E-state index in [0.717, 1.165) is 34.8 Å². The summed E-state index contributed by atoms with van der Waals surface area (Å²) in [5.41, 5.74) is 7.43. The van der Waals surface area contributed by atoms with E-state index < -0.39 is 14.4 Å². The van der Waals surface area contributed by atoms with Crippen LogP contribution in [0.25, 0.3) is 0 Å². The first-order valence-electron chi connectivity index (χ1n) is 15.3. The zero-order valence-corrected chi connectivity index (χ0v) is 28.9. The van der Waals surface area contributed by atoms with E-state index >= 15 is 0 Å². The molecule has 1 aromatic heterocycles. The van der Waals surface area contributed by atoms with Crippen LogP contribution in [0.4, 0.5) is 16.2 Å². The normalized spacial score (nSPS) is 13.3. The highest BCUT2D eigenvalue weighted by molar-refractivity contribution is 6.74. The molecular formula is C35H50N4O4Si. The number of benzene rings is 2. The molecule has 1 aliphatic rings. The van der Waals surface area contributed by atoms with Gasteiger partial charge >= 0.3 is 6.09 Å². The minimum absolute atomic E-state index is 0.122. The minimum atomic E-state index is -1.85. The largest absolute Gasteiger partial charge is 0.544 e. The Kier molecular flexibility index (Phi) is 11.0. The monoisotopic (exact) mass is 618 g/mol. The number of rotatable bonds is 7. The average molecular weight is 619 g/mol. The van der Waals surface area contributed by atoms with E-state index in [4.69, 9.17) is 14.6 Å². The number of nitrogens with one attached hydrogen (secondary N) is 1. The van der Waals surface area contributed by atoms with Crippen LogP contribution in [0.2, 0.25) is 18.1 Å². The Labute approximate surface area is 264 Å². The van der Waals surface area contributed by atoms with Crippen LogP contribution < -0.4 is 9.74 Å². The van der Waals surface area contributed by atoms with Gasteiger partial charge in [-0.15, -0.1) is 0 Å². The number of amides is 1. The van der Waals surface area contributed by atoms with Crippen molar-refractivity contribution in [3.63, 3.8) is 0 Å². The molecule has 0 radical (unpaired) electrons. The molecule has 0 unspecified atom stereocenters. The molecule has 3 N–H and O–H groups in total. The first-order valence-corrected chi connectivity index (χ1v) is 18.2. The van der Waals surface area contributed by atoms with Gasteiger partial charge in [0.1, 0.15) is 17.5 Å². The molecule has 4 rings (SSSR count). The topological polar surface area (TPSA) is 111 Å². The maximum Gasteiger partial charge on any atom is 0.407 e. The number of nitriles is 1. The van der Waals surface area contributed by atoms with Crippen LogP contribution in [0, 0.1) is 11.3 Å². The second-order valence-electron chi connectivity index (χ2n) is 14.0. The van der Waals surface area contributed by atoms with Crippen molar-refractivity contribution in [1.29, 1.82) is 5.26 Å². The number of fused-ring (bicyclic) bond motifs is 1. The Morgan fingerprint density at radius 3 is 2.30 bits per heavy atom. The molecule has 2 heterocycles. The highest BCUT2D eigenvalue weighted by atomic mass is 28.4. The van der Waals surface area contributed by atoms with E-state index in [0.29, 0.717) is 31.6 Å². The lowest BCUT2D eigenvalue weighted by Gasteiger charge is -2.36. The summed E-state index contributed by atoms with van der Waals surface area (Å²) in [4.78, 5) is 12.5. The van der Waals surface area contributed by atoms with E-state index in [1.807, 2.05) is 54.1 Å². The summed E-state index contributed by atoms with van der Waals surface area (Å²) in [6, 6.07) is 18.3. The lowest BCUT2D eigenvalue weighted by atomic mass is 9.80. The number of aliphatic hydroxyl groups is 1. The summed E-state index contributed by atoms with van der Waals surface area (Å²) in [6.07, 6.45) is 1.38. The Morgan fingerprint density at radius 1 is 1.09 bits per heavy atom. The van der Waals surface area contributed by atoms with Crippen LogP contribution in [0.15, 0.2) is 48.5 Å². The predicted octanol–water partition coefficient (Wildman–Crippen LogP) is 7.97. The predicted molar refractivity (Wildman–Crippen MR) is 180 cm³/mol. The van der Waals surface area contributed by atoms with E-state index in [-0.39, 0.29) is 17.1 Å². The highest BCUT2D eigenvalue weighted by Gasteiger charge is 2.39. The number of hydrogen-bond acceptors (Lipinski definition) is 5. The van der Waals surface area contributed by atoms with Crippen molar-refractivity contribution in [3.05, 3.63) is 76.6 Å². The number of carbonyl (C=O) groups is 1. The molecule has 1 amide bonds. The summed E-state index contributed by atoms with van der Waals surface area (Å²) in [6.45, 7) is 19.0. The van der Waals surface area contributed by atoms with Crippen molar-refractivity contribution in [2.24, 2.45) is 7.05 Å². The third kappa shape index (κ3) is 8.45. The van der Waals surface area contributed by atoms with Crippen molar-refractivity contribution in [2.75, 3.05) is 18.5 Å². The molecule has 2 aromatic carbocycles. The number of hydrogen-bond donors (Lipinski definition) is 3. The van der Waals surface area contributed by atoms with E-state index in [1.54, 1.807) is 0 Å². The quantitative estimate of drug-likeness (QED) is 0.232. The van der Waals surface area contributed by atoms with Crippen LogP contribution in [-0.2, 0) is 31.8 Å². The van der Waals surface area contributed by atoms with Gasteiger partial charge in [-0.05, 0) is 89.8 Å². The summed E-state index contributed by atoms with van der Waals surface area (Å²) in [5.74, 6) is 0.887. The van der Waals surface area contributed by atoms with Gasteiger partial charge in [-0.3, -0.25) is 0 Å². The average Bonchev–Trinajstić information content (AvgIpc) is 3.24. The van der Waals surface area contributed by atoms with Gasteiger partial charge in [0.05, 0.1) is 5.69 Å². The zero-order chi connectivity index (χ0) is 32.9. The summed E-state index contributed by atoms with van der Waals surface area (Å²) < 4.78 is 8.21.